The first-order valence-electron chi connectivity index (χ1n) is 6.43. The lowest BCUT2D eigenvalue weighted by Crippen LogP contribution is -3.00. The molecule has 0 spiro atoms. The van der Waals surface area contributed by atoms with Crippen molar-refractivity contribution in [1.29, 1.82) is 0 Å². The lowest BCUT2D eigenvalue weighted by Gasteiger charge is -2.02. The Balaban J connectivity index is 0.00000161. The van der Waals surface area contributed by atoms with Gasteiger partial charge in [-0.15, -0.1) is 0 Å². The van der Waals surface area contributed by atoms with Crippen molar-refractivity contribution in [2.24, 2.45) is 0 Å². The van der Waals surface area contributed by atoms with E-state index in [2.05, 4.69) is 12.1 Å². The van der Waals surface area contributed by atoms with Gasteiger partial charge in [0, 0.05) is 5.56 Å². The highest BCUT2D eigenvalue weighted by molar-refractivity contribution is 7.07. The Bertz CT molecular complexity index is 693. The molecule has 2 nitrogen and oxygen atoms in total. The maximum atomic E-state index is 12.1. The fourth-order valence-corrected chi connectivity index (χ4v) is 2.69. The minimum absolute atomic E-state index is 0. The van der Waals surface area contributed by atoms with Gasteiger partial charge in [0.05, 0.1) is 5.38 Å². The highest BCUT2D eigenvalue weighted by Crippen LogP contribution is 2.19. The molecular weight excluding hydrogens is 346 g/mol. The average Bonchev–Trinajstić information content (AvgIpc) is 3.01. The number of hydrogen-bond donors (Lipinski definition) is 0. The van der Waals surface area contributed by atoms with Crippen LogP contribution >= 0.6 is 11.3 Å². The largest absolute Gasteiger partial charge is 1.00 e. The monoisotopic (exact) mass is 359 g/mol. The van der Waals surface area contributed by atoms with Crippen LogP contribution in [-0.4, -0.2) is 5.78 Å². The first kappa shape index (κ1) is 15.6. The molecule has 0 saturated heterocycles. The molecule has 0 saturated carbocycles. The van der Waals surface area contributed by atoms with E-state index < -0.39 is 0 Å². The van der Waals surface area contributed by atoms with Crippen LogP contribution < -0.4 is 21.5 Å². The zero-order valence-corrected chi connectivity index (χ0v) is 13.7. The summed E-state index contributed by atoms with van der Waals surface area (Å²) < 4.78 is 1.90. The fourth-order valence-electron chi connectivity index (χ4n) is 2.09. The summed E-state index contributed by atoms with van der Waals surface area (Å²) >= 11 is 1.59. The normalized spacial score (nSPS) is 9.90. The molecule has 106 valence electrons. The molecule has 0 bridgehead atoms. The molecule has 1 heterocycles. The SMILES string of the molecule is O=C(C[n+]1ccsc1)c1ccc(-c2ccccc2)cc1.[Br-]. The molecule has 4 heteroatoms. The number of benzene rings is 2. The number of nitrogens with zero attached hydrogens (tertiary/aromatic N) is 1. The minimum Gasteiger partial charge on any atom is -1.00 e. The van der Waals surface area contributed by atoms with E-state index in [0.717, 1.165) is 11.1 Å². The second kappa shape index (κ2) is 7.29. The van der Waals surface area contributed by atoms with E-state index >= 15 is 0 Å². The molecule has 3 rings (SSSR count). The van der Waals surface area contributed by atoms with Crippen LogP contribution in [0.1, 0.15) is 10.4 Å². The Morgan fingerprint density at radius 1 is 0.952 bits per heavy atom. The van der Waals surface area contributed by atoms with Gasteiger partial charge in [0.2, 0.25) is 17.8 Å². The van der Waals surface area contributed by atoms with E-state index in [-0.39, 0.29) is 22.8 Å². The second-order valence-electron chi connectivity index (χ2n) is 4.57. The highest BCUT2D eigenvalue weighted by Gasteiger charge is 2.12. The van der Waals surface area contributed by atoms with Crippen LogP contribution in [0.15, 0.2) is 71.7 Å². The van der Waals surface area contributed by atoms with Crippen LogP contribution in [-0.2, 0) is 6.54 Å². The number of ketones is 1. The maximum absolute atomic E-state index is 12.1. The Morgan fingerprint density at radius 3 is 2.24 bits per heavy atom. The number of halogens is 1. The summed E-state index contributed by atoms with van der Waals surface area (Å²) in [5, 5.41) is 1.96. The number of carbonyl (C=O) groups is 1. The van der Waals surface area contributed by atoms with Crippen LogP contribution in [0.25, 0.3) is 11.1 Å². The molecule has 0 radical (unpaired) electrons. The number of aromatic nitrogens is 1. The van der Waals surface area contributed by atoms with Crippen LogP contribution in [0, 0.1) is 0 Å². The smallest absolute Gasteiger partial charge is 0.227 e. The minimum atomic E-state index is 0. The summed E-state index contributed by atoms with van der Waals surface area (Å²) in [6, 6.07) is 18.0. The van der Waals surface area contributed by atoms with E-state index in [1.54, 1.807) is 11.3 Å². The molecule has 0 amide bonds. The Labute approximate surface area is 138 Å². The molecule has 0 unspecified atom stereocenters. The lowest BCUT2D eigenvalue weighted by atomic mass is 10.0. The van der Waals surface area contributed by atoms with Gasteiger partial charge in [-0.2, -0.15) is 4.57 Å². The molecule has 0 aliphatic rings. The summed E-state index contributed by atoms with van der Waals surface area (Å²) in [6.45, 7) is 0.397. The topological polar surface area (TPSA) is 20.9 Å². The number of Topliss-reactive ketones (excluding diaryl/α,β-unsaturated/α-hetero) is 1. The fraction of sp³-hybridized carbons (Fsp3) is 0.0588. The van der Waals surface area contributed by atoms with Gasteiger partial charge in [0.25, 0.3) is 0 Å². The van der Waals surface area contributed by atoms with Crippen molar-refractivity contribution in [2.45, 2.75) is 6.54 Å². The van der Waals surface area contributed by atoms with Crippen LogP contribution in [0.2, 0.25) is 0 Å². The number of thiazole rings is 1. The van der Waals surface area contributed by atoms with Crippen molar-refractivity contribution >= 4 is 17.1 Å². The van der Waals surface area contributed by atoms with Crippen molar-refractivity contribution in [3.8, 4) is 11.1 Å². The van der Waals surface area contributed by atoms with E-state index in [9.17, 15) is 4.79 Å². The summed E-state index contributed by atoms with van der Waals surface area (Å²) in [5.74, 6) is 0.132. The summed E-state index contributed by atoms with van der Waals surface area (Å²) in [4.78, 5) is 12.1. The Morgan fingerprint density at radius 2 is 1.62 bits per heavy atom. The van der Waals surface area contributed by atoms with E-state index in [0.29, 0.717) is 6.54 Å². The van der Waals surface area contributed by atoms with Crippen molar-refractivity contribution in [1.82, 2.24) is 0 Å². The molecule has 0 fully saturated rings. The Kier molecular flexibility index (Phi) is 5.42. The molecule has 2 aromatic carbocycles. The molecular formula is C17H14BrNOS. The highest BCUT2D eigenvalue weighted by atomic mass is 79.9. The number of hydrogen-bond acceptors (Lipinski definition) is 2. The van der Waals surface area contributed by atoms with Gasteiger partial charge in [-0.1, -0.05) is 65.9 Å². The van der Waals surface area contributed by atoms with Crippen molar-refractivity contribution in [3.63, 3.8) is 0 Å². The lowest BCUT2D eigenvalue weighted by molar-refractivity contribution is -0.678. The maximum Gasteiger partial charge on any atom is 0.227 e. The first-order chi connectivity index (χ1) is 9.83. The third-order valence-corrected chi connectivity index (χ3v) is 3.84. The van der Waals surface area contributed by atoms with Crippen molar-refractivity contribution < 1.29 is 26.3 Å². The first-order valence-corrected chi connectivity index (χ1v) is 7.37. The standard InChI is InChI=1S/C17H14NOS.BrH/c19-17(12-18-10-11-20-13-18)16-8-6-15(7-9-16)14-4-2-1-3-5-14;/h1-11,13H,12H2;1H/q+1;/p-1. The van der Waals surface area contributed by atoms with Gasteiger partial charge >= 0.3 is 0 Å². The number of rotatable bonds is 4. The molecule has 0 aliphatic heterocycles. The molecule has 21 heavy (non-hydrogen) atoms. The summed E-state index contributed by atoms with van der Waals surface area (Å²) in [5.41, 5.74) is 4.99. The molecule has 1 aromatic heterocycles. The van der Waals surface area contributed by atoms with Crippen LogP contribution in [0.4, 0.5) is 0 Å². The third-order valence-electron chi connectivity index (χ3n) is 3.17. The zero-order valence-electron chi connectivity index (χ0n) is 11.3. The number of carbonyl (C=O) groups excluding carboxylic acids is 1. The van der Waals surface area contributed by atoms with E-state index in [4.69, 9.17) is 0 Å². The summed E-state index contributed by atoms with van der Waals surface area (Å²) in [6.07, 6.45) is 1.92. The predicted molar refractivity (Wildman–Crippen MR) is 80.7 cm³/mol. The van der Waals surface area contributed by atoms with Crippen LogP contribution in [0.5, 0.6) is 0 Å². The molecule has 3 aromatic rings. The van der Waals surface area contributed by atoms with E-state index in [1.165, 1.54) is 5.56 Å². The third kappa shape index (κ3) is 3.86. The second-order valence-corrected chi connectivity index (χ2v) is 5.32. The average molecular weight is 360 g/mol. The Hall–Kier alpha value is -1.78. The molecule has 0 N–H and O–H groups in total. The zero-order chi connectivity index (χ0) is 13.8. The van der Waals surface area contributed by atoms with E-state index in [1.807, 2.05) is 64.1 Å². The summed E-state index contributed by atoms with van der Waals surface area (Å²) in [7, 11) is 0. The van der Waals surface area contributed by atoms with Gasteiger partial charge in [-0.25, -0.2) is 0 Å². The predicted octanol–water partition coefficient (Wildman–Crippen LogP) is 0.589. The van der Waals surface area contributed by atoms with Gasteiger partial charge in [-0.3, -0.25) is 4.79 Å². The van der Waals surface area contributed by atoms with Gasteiger partial charge in [0.15, 0.2) is 6.20 Å². The molecule has 0 aliphatic carbocycles. The van der Waals surface area contributed by atoms with Gasteiger partial charge in [-0.05, 0) is 11.1 Å². The van der Waals surface area contributed by atoms with Crippen molar-refractivity contribution in [3.05, 3.63) is 77.2 Å². The van der Waals surface area contributed by atoms with Gasteiger partial charge < -0.3 is 17.0 Å². The van der Waals surface area contributed by atoms with Crippen molar-refractivity contribution in [2.75, 3.05) is 0 Å². The van der Waals surface area contributed by atoms with Gasteiger partial charge in [0.1, 0.15) is 0 Å². The van der Waals surface area contributed by atoms with Crippen LogP contribution in [0.3, 0.4) is 0 Å². The molecule has 0 atom stereocenters. The quantitative estimate of drug-likeness (QED) is 0.493.